The molecule has 1 heteroatoms. The minimum atomic E-state index is 0.265. The fraction of sp³-hybridized carbons (Fsp3) is 0.700. The molecule has 11 heavy (non-hydrogen) atoms. The van der Waals surface area contributed by atoms with Crippen LogP contribution >= 0.6 is 0 Å². The van der Waals surface area contributed by atoms with Crippen molar-refractivity contribution in [1.29, 1.82) is 0 Å². The lowest BCUT2D eigenvalue weighted by atomic mass is 9.77. The number of carbonyl (C=O) groups excluding carboxylic acids is 1. The lowest BCUT2D eigenvalue weighted by Crippen LogP contribution is -2.21. The molecule has 0 radical (unpaired) electrons. The molecular formula is C10H16O. The van der Waals surface area contributed by atoms with Crippen LogP contribution in [0.4, 0.5) is 0 Å². The van der Waals surface area contributed by atoms with Gasteiger partial charge in [-0.15, -0.1) is 0 Å². The SMILES string of the molecule is C=C(C)[C@@H]1CCCC[C@H]1C=O. The van der Waals surface area contributed by atoms with E-state index in [1.54, 1.807) is 0 Å². The average Bonchev–Trinajstić information content (AvgIpc) is 2.04. The van der Waals surface area contributed by atoms with Crippen LogP contribution in [0.2, 0.25) is 0 Å². The zero-order valence-electron chi connectivity index (χ0n) is 7.18. The molecule has 2 atom stereocenters. The summed E-state index contributed by atoms with van der Waals surface area (Å²) in [5, 5.41) is 0. The van der Waals surface area contributed by atoms with E-state index in [0.29, 0.717) is 5.92 Å². The molecule has 1 aliphatic rings. The van der Waals surface area contributed by atoms with E-state index < -0.39 is 0 Å². The quantitative estimate of drug-likeness (QED) is 0.439. The van der Waals surface area contributed by atoms with Gasteiger partial charge in [0.2, 0.25) is 0 Å². The monoisotopic (exact) mass is 152 g/mol. The first kappa shape index (κ1) is 8.51. The molecule has 0 aromatic heterocycles. The van der Waals surface area contributed by atoms with Crippen LogP contribution in [0, 0.1) is 11.8 Å². The van der Waals surface area contributed by atoms with Gasteiger partial charge in [0.1, 0.15) is 6.29 Å². The lowest BCUT2D eigenvalue weighted by Gasteiger charge is -2.27. The van der Waals surface area contributed by atoms with Crippen LogP contribution in [0.25, 0.3) is 0 Å². The highest BCUT2D eigenvalue weighted by atomic mass is 16.1. The summed E-state index contributed by atoms with van der Waals surface area (Å²) in [6.45, 7) is 5.95. The zero-order valence-corrected chi connectivity index (χ0v) is 7.18. The normalized spacial score (nSPS) is 31.4. The highest BCUT2D eigenvalue weighted by Gasteiger charge is 2.24. The predicted molar refractivity (Wildman–Crippen MR) is 46.3 cm³/mol. The van der Waals surface area contributed by atoms with E-state index in [0.717, 1.165) is 12.7 Å². The molecule has 0 aromatic rings. The Labute approximate surface area is 68.5 Å². The Morgan fingerprint density at radius 1 is 1.45 bits per heavy atom. The molecule has 62 valence electrons. The first-order valence-corrected chi connectivity index (χ1v) is 4.36. The van der Waals surface area contributed by atoms with Crippen molar-refractivity contribution in [2.45, 2.75) is 32.6 Å². The van der Waals surface area contributed by atoms with Gasteiger partial charge < -0.3 is 4.79 Å². The van der Waals surface area contributed by atoms with Crippen LogP contribution < -0.4 is 0 Å². The second-order valence-corrected chi connectivity index (χ2v) is 3.54. The first-order chi connectivity index (χ1) is 5.25. The van der Waals surface area contributed by atoms with Crippen molar-refractivity contribution in [2.75, 3.05) is 0 Å². The van der Waals surface area contributed by atoms with Crippen LogP contribution in [0.5, 0.6) is 0 Å². The molecular weight excluding hydrogens is 136 g/mol. The largest absolute Gasteiger partial charge is 0.303 e. The van der Waals surface area contributed by atoms with Crippen LogP contribution in [-0.2, 0) is 4.79 Å². The van der Waals surface area contributed by atoms with Crippen molar-refractivity contribution < 1.29 is 4.79 Å². The minimum Gasteiger partial charge on any atom is -0.303 e. The Kier molecular flexibility index (Phi) is 2.86. The molecule has 1 rings (SSSR count). The second kappa shape index (κ2) is 3.70. The average molecular weight is 152 g/mol. The summed E-state index contributed by atoms with van der Waals surface area (Å²) < 4.78 is 0. The van der Waals surface area contributed by atoms with Gasteiger partial charge in [0.25, 0.3) is 0 Å². The zero-order chi connectivity index (χ0) is 8.27. The van der Waals surface area contributed by atoms with E-state index in [4.69, 9.17) is 0 Å². The van der Waals surface area contributed by atoms with Gasteiger partial charge in [-0.3, -0.25) is 0 Å². The molecule has 0 saturated heterocycles. The van der Waals surface area contributed by atoms with Gasteiger partial charge in [0.05, 0.1) is 0 Å². The summed E-state index contributed by atoms with van der Waals surface area (Å²) in [7, 11) is 0. The molecule has 0 aromatic carbocycles. The van der Waals surface area contributed by atoms with Crippen molar-refractivity contribution in [3.05, 3.63) is 12.2 Å². The fourth-order valence-corrected chi connectivity index (χ4v) is 1.93. The van der Waals surface area contributed by atoms with Crippen LogP contribution in [0.1, 0.15) is 32.6 Å². The van der Waals surface area contributed by atoms with Crippen molar-refractivity contribution in [1.82, 2.24) is 0 Å². The first-order valence-electron chi connectivity index (χ1n) is 4.36. The standard InChI is InChI=1S/C10H16O/c1-8(2)10-6-4-3-5-9(10)7-11/h7,9-10H,1,3-6H2,2H3/t9-,10-/m0/s1. The van der Waals surface area contributed by atoms with Crippen molar-refractivity contribution in [3.8, 4) is 0 Å². The van der Waals surface area contributed by atoms with Gasteiger partial charge in [0.15, 0.2) is 0 Å². The highest BCUT2D eigenvalue weighted by molar-refractivity contribution is 5.55. The van der Waals surface area contributed by atoms with Gasteiger partial charge in [-0.05, 0) is 25.7 Å². The molecule has 0 N–H and O–H groups in total. The Morgan fingerprint density at radius 3 is 2.55 bits per heavy atom. The number of hydrogen-bond donors (Lipinski definition) is 0. The van der Waals surface area contributed by atoms with E-state index in [1.165, 1.54) is 24.8 Å². The molecule has 0 bridgehead atoms. The van der Waals surface area contributed by atoms with Gasteiger partial charge in [0, 0.05) is 5.92 Å². The maximum Gasteiger partial charge on any atom is 0.123 e. The van der Waals surface area contributed by atoms with Crippen molar-refractivity contribution in [2.24, 2.45) is 11.8 Å². The molecule has 1 fully saturated rings. The van der Waals surface area contributed by atoms with Crippen LogP contribution in [-0.4, -0.2) is 6.29 Å². The molecule has 0 aliphatic heterocycles. The molecule has 0 unspecified atom stereocenters. The lowest BCUT2D eigenvalue weighted by molar-refractivity contribution is -0.113. The van der Waals surface area contributed by atoms with Crippen LogP contribution in [0.3, 0.4) is 0 Å². The highest BCUT2D eigenvalue weighted by Crippen LogP contribution is 2.32. The Hall–Kier alpha value is -0.590. The fourth-order valence-electron chi connectivity index (χ4n) is 1.93. The van der Waals surface area contributed by atoms with Gasteiger partial charge >= 0.3 is 0 Å². The Morgan fingerprint density at radius 2 is 2.09 bits per heavy atom. The van der Waals surface area contributed by atoms with Crippen LogP contribution in [0.15, 0.2) is 12.2 Å². The third-order valence-corrected chi connectivity index (χ3v) is 2.63. The van der Waals surface area contributed by atoms with E-state index in [1.807, 2.05) is 6.92 Å². The van der Waals surface area contributed by atoms with E-state index in [2.05, 4.69) is 6.58 Å². The topological polar surface area (TPSA) is 17.1 Å². The number of hydrogen-bond acceptors (Lipinski definition) is 1. The van der Waals surface area contributed by atoms with Crippen molar-refractivity contribution in [3.63, 3.8) is 0 Å². The predicted octanol–water partition coefficient (Wildman–Crippen LogP) is 2.57. The Bertz CT molecular complexity index is 160. The summed E-state index contributed by atoms with van der Waals surface area (Å²) >= 11 is 0. The Balaban J connectivity index is 2.58. The number of allylic oxidation sites excluding steroid dienone is 1. The molecule has 0 amide bonds. The van der Waals surface area contributed by atoms with Gasteiger partial charge in [-0.2, -0.15) is 0 Å². The number of aldehydes is 1. The second-order valence-electron chi connectivity index (χ2n) is 3.54. The molecule has 1 nitrogen and oxygen atoms in total. The smallest absolute Gasteiger partial charge is 0.123 e. The number of rotatable bonds is 2. The summed E-state index contributed by atoms with van der Waals surface area (Å²) in [6, 6.07) is 0. The molecule has 0 spiro atoms. The maximum absolute atomic E-state index is 10.6. The third kappa shape index (κ3) is 1.92. The van der Waals surface area contributed by atoms with Gasteiger partial charge in [-0.1, -0.05) is 25.0 Å². The maximum atomic E-state index is 10.6. The number of carbonyl (C=O) groups is 1. The minimum absolute atomic E-state index is 0.265. The summed E-state index contributed by atoms with van der Waals surface area (Å²) in [5.41, 5.74) is 1.18. The molecule has 0 heterocycles. The van der Waals surface area contributed by atoms with E-state index in [-0.39, 0.29) is 5.92 Å². The summed E-state index contributed by atoms with van der Waals surface area (Å²) in [5.74, 6) is 0.738. The molecule has 1 saturated carbocycles. The summed E-state index contributed by atoms with van der Waals surface area (Å²) in [4.78, 5) is 10.6. The van der Waals surface area contributed by atoms with E-state index >= 15 is 0 Å². The van der Waals surface area contributed by atoms with Crippen molar-refractivity contribution >= 4 is 6.29 Å². The van der Waals surface area contributed by atoms with E-state index in [9.17, 15) is 4.79 Å². The summed E-state index contributed by atoms with van der Waals surface area (Å²) in [6.07, 6.45) is 5.83. The van der Waals surface area contributed by atoms with Gasteiger partial charge in [-0.25, -0.2) is 0 Å². The third-order valence-electron chi connectivity index (χ3n) is 2.63. The molecule has 1 aliphatic carbocycles.